The van der Waals surface area contributed by atoms with Crippen LogP contribution in [0.3, 0.4) is 0 Å². The van der Waals surface area contributed by atoms with Gasteiger partial charge >= 0.3 is 0 Å². The van der Waals surface area contributed by atoms with Crippen LogP contribution in [0.2, 0.25) is 0 Å². The van der Waals surface area contributed by atoms with Crippen molar-refractivity contribution in [1.82, 2.24) is 18.5 Å². The number of piperidine rings is 1. The number of carbonyl (C=O) groups is 1. The predicted octanol–water partition coefficient (Wildman–Crippen LogP) is 2.64. The van der Waals surface area contributed by atoms with Gasteiger partial charge in [-0.2, -0.15) is 8.75 Å². The molecule has 0 N–H and O–H groups in total. The molecule has 23 heavy (non-hydrogen) atoms. The SMILES string of the molecule is CC1(C)CN(C2CCN(C(=O)c3ccc4nsnc4c3)CC2)C1. The molecule has 2 fully saturated rings. The van der Waals surface area contributed by atoms with Crippen molar-refractivity contribution in [2.24, 2.45) is 5.41 Å². The Bertz CT molecular complexity index is 725. The van der Waals surface area contributed by atoms with E-state index in [0.717, 1.165) is 42.5 Å². The summed E-state index contributed by atoms with van der Waals surface area (Å²) in [7, 11) is 0. The Balaban J connectivity index is 1.39. The van der Waals surface area contributed by atoms with Crippen LogP contribution < -0.4 is 0 Å². The molecule has 1 aromatic carbocycles. The third kappa shape index (κ3) is 2.85. The third-order valence-corrected chi connectivity index (χ3v) is 5.59. The summed E-state index contributed by atoms with van der Waals surface area (Å²) < 4.78 is 8.42. The maximum atomic E-state index is 12.7. The van der Waals surface area contributed by atoms with Crippen LogP contribution in [0.5, 0.6) is 0 Å². The molecule has 122 valence electrons. The zero-order valence-electron chi connectivity index (χ0n) is 13.7. The fourth-order valence-corrected chi connectivity index (χ4v) is 4.36. The first kappa shape index (κ1) is 15.0. The van der Waals surface area contributed by atoms with Gasteiger partial charge in [-0.15, -0.1) is 0 Å². The Morgan fingerprint density at radius 3 is 2.57 bits per heavy atom. The lowest BCUT2D eigenvalue weighted by atomic mass is 9.82. The monoisotopic (exact) mass is 330 g/mol. The Morgan fingerprint density at radius 1 is 1.17 bits per heavy atom. The van der Waals surface area contributed by atoms with Crippen molar-refractivity contribution < 1.29 is 4.79 Å². The summed E-state index contributed by atoms with van der Waals surface area (Å²) in [5, 5.41) is 0. The summed E-state index contributed by atoms with van der Waals surface area (Å²) >= 11 is 1.19. The molecule has 2 aromatic rings. The molecule has 2 aliphatic heterocycles. The van der Waals surface area contributed by atoms with E-state index in [9.17, 15) is 4.79 Å². The predicted molar refractivity (Wildman–Crippen MR) is 91.7 cm³/mol. The molecule has 1 aromatic heterocycles. The minimum atomic E-state index is 0.127. The zero-order valence-corrected chi connectivity index (χ0v) is 14.5. The van der Waals surface area contributed by atoms with Crippen LogP contribution >= 0.6 is 11.7 Å². The lowest BCUT2D eigenvalue weighted by molar-refractivity contribution is -0.0249. The topological polar surface area (TPSA) is 49.3 Å². The number of fused-ring (bicyclic) bond motifs is 1. The molecule has 5 nitrogen and oxygen atoms in total. The minimum Gasteiger partial charge on any atom is -0.339 e. The molecule has 6 heteroatoms. The molecular weight excluding hydrogens is 308 g/mol. The summed E-state index contributed by atoms with van der Waals surface area (Å²) in [5.41, 5.74) is 2.89. The van der Waals surface area contributed by atoms with Gasteiger partial charge in [0.2, 0.25) is 0 Å². The van der Waals surface area contributed by atoms with E-state index in [-0.39, 0.29) is 5.91 Å². The third-order valence-electron chi connectivity index (χ3n) is 5.03. The molecule has 0 radical (unpaired) electrons. The minimum absolute atomic E-state index is 0.127. The average Bonchev–Trinajstić information content (AvgIpc) is 2.99. The van der Waals surface area contributed by atoms with Crippen LogP contribution in [-0.2, 0) is 0 Å². The molecule has 0 atom stereocenters. The number of aromatic nitrogens is 2. The fourth-order valence-electron chi connectivity index (χ4n) is 3.84. The van der Waals surface area contributed by atoms with Gasteiger partial charge in [-0.05, 0) is 36.5 Å². The van der Waals surface area contributed by atoms with E-state index in [0.29, 0.717) is 11.5 Å². The van der Waals surface area contributed by atoms with Crippen molar-refractivity contribution in [2.45, 2.75) is 32.7 Å². The number of amides is 1. The van der Waals surface area contributed by atoms with Crippen LogP contribution in [-0.4, -0.2) is 56.7 Å². The van der Waals surface area contributed by atoms with E-state index in [1.54, 1.807) is 0 Å². The van der Waals surface area contributed by atoms with Gasteiger partial charge in [0, 0.05) is 37.8 Å². The standard InChI is InChI=1S/C17H22N4OS/c1-17(2)10-21(11-17)13-5-7-20(8-6-13)16(22)12-3-4-14-15(9-12)19-23-18-14/h3-4,9,13H,5-8,10-11H2,1-2H3. The summed E-state index contributed by atoms with van der Waals surface area (Å²) in [6.45, 7) is 8.75. The number of benzene rings is 1. The van der Waals surface area contributed by atoms with Crippen molar-refractivity contribution in [3.63, 3.8) is 0 Å². The zero-order chi connectivity index (χ0) is 16.0. The van der Waals surface area contributed by atoms with Crippen LogP contribution in [0.15, 0.2) is 18.2 Å². The molecule has 0 spiro atoms. The largest absolute Gasteiger partial charge is 0.339 e. The number of hydrogen-bond donors (Lipinski definition) is 0. The number of nitrogens with zero attached hydrogens (tertiary/aromatic N) is 4. The second-order valence-electron chi connectivity index (χ2n) is 7.56. The first-order chi connectivity index (χ1) is 11.0. The lowest BCUT2D eigenvalue weighted by Crippen LogP contribution is -2.59. The van der Waals surface area contributed by atoms with Crippen molar-refractivity contribution in [1.29, 1.82) is 0 Å². The van der Waals surface area contributed by atoms with Crippen molar-refractivity contribution in [2.75, 3.05) is 26.2 Å². The van der Waals surface area contributed by atoms with Gasteiger partial charge in [0.05, 0.1) is 11.7 Å². The van der Waals surface area contributed by atoms with Gasteiger partial charge in [-0.25, -0.2) is 0 Å². The van der Waals surface area contributed by atoms with E-state index in [1.807, 2.05) is 23.1 Å². The molecule has 0 unspecified atom stereocenters. The van der Waals surface area contributed by atoms with E-state index >= 15 is 0 Å². The number of carbonyl (C=O) groups excluding carboxylic acids is 1. The highest BCUT2D eigenvalue weighted by atomic mass is 32.1. The molecule has 2 aliphatic rings. The van der Waals surface area contributed by atoms with E-state index in [4.69, 9.17) is 0 Å². The van der Waals surface area contributed by atoms with Crippen LogP contribution in [0.1, 0.15) is 37.0 Å². The molecule has 3 heterocycles. The molecule has 0 aliphatic carbocycles. The Morgan fingerprint density at radius 2 is 1.87 bits per heavy atom. The van der Waals surface area contributed by atoms with E-state index in [2.05, 4.69) is 27.5 Å². The lowest BCUT2D eigenvalue weighted by Gasteiger charge is -2.51. The van der Waals surface area contributed by atoms with Gasteiger partial charge in [-0.1, -0.05) is 13.8 Å². The maximum absolute atomic E-state index is 12.7. The molecule has 0 bridgehead atoms. The van der Waals surface area contributed by atoms with Crippen molar-refractivity contribution >= 4 is 28.7 Å². The Labute approximate surface area is 140 Å². The highest BCUT2D eigenvalue weighted by molar-refractivity contribution is 7.00. The van der Waals surface area contributed by atoms with E-state index < -0.39 is 0 Å². The molecule has 4 rings (SSSR count). The summed E-state index contributed by atoms with van der Waals surface area (Å²) in [5.74, 6) is 0.127. The summed E-state index contributed by atoms with van der Waals surface area (Å²) in [6.07, 6.45) is 2.17. The normalized spacial score (nSPS) is 22.3. The second-order valence-corrected chi connectivity index (χ2v) is 8.09. The molecule has 0 saturated carbocycles. The maximum Gasteiger partial charge on any atom is 0.253 e. The smallest absolute Gasteiger partial charge is 0.253 e. The number of rotatable bonds is 2. The molecular formula is C17H22N4OS. The van der Waals surface area contributed by atoms with Gasteiger partial charge in [-0.3, -0.25) is 9.69 Å². The van der Waals surface area contributed by atoms with Gasteiger partial charge < -0.3 is 4.90 Å². The highest BCUT2D eigenvalue weighted by Crippen LogP contribution is 2.33. The van der Waals surface area contributed by atoms with Crippen LogP contribution in [0, 0.1) is 5.41 Å². The quantitative estimate of drug-likeness (QED) is 0.849. The Hall–Kier alpha value is -1.53. The number of likely N-dealkylation sites (tertiary alicyclic amines) is 2. The van der Waals surface area contributed by atoms with Crippen molar-refractivity contribution in [3.05, 3.63) is 23.8 Å². The molecule has 2 saturated heterocycles. The summed E-state index contributed by atoms with van der Waals surface area (Å²) in [4.78, 5) is 17.3. The Kier molecular flexibility index (Phi) is 3.61. The first-order valence-electron chi connectivity index (χ1n) is 8.27. The van der Waals surface area contributed by atoms with E-state index in [1.165, 1.54) is 24.8 Å². The first-order valence-corrected chi connectivity index (χ1v) is 9.01. The van der Waals surface area contributed by atoms with Gasteiger partial charge in [0.1, 0.15) is 11.0 Å². The van der Waals surface area contributed by atoms with Crippen LogP contribution in [0.25, 0.3) is 11.0 Å². The highest BCUT2D eigenvalue weighted by Gasteiger charge is 2.39. The van der Waals surface area contributed by atoms with Crippen LogP contribution in [0.4, 0.5) is 0 Å². The molecule has 1 amide bonds. The fraction of sp³-hybridized carbons (Fsp3) is 0.588. The summed E-state index contributed by atoms with van der Waals surface area (Å²) in [6, 6.07) is 6.28. The van der Waals surface area contributed by atoms with Gasteiger partial charge in [0.15, 0.2) is 0 Å². The van der Waals surface area contributed by atoms with Gasteiger partial charge in [0.25, 0.3) is 5.91 Å². The number of hydrogen-bond acceptors (Lipinski definition) is 5. The second kappa shape index (κ2) is 5.53. The van der Waals surface area contributed by atoms with Crippen molar-refractivity contribution in [3.8, 4) is 0 Å². The average molecular weight is 330 g/mol.